The van der Waals surface area contributed by atoms with Crippen molar-refractivity contribution in [3.8, 4) is 11.3 Å². The molecule has 98 valence electrons. The van der Waals surface area contributed by atoms with Gasteiger partial charge in [0.2, 0.25) is 0 Å². The van der Waals surface area contributed by atoms with Crippen molar-refractivity contribution in [1.82, 2.24) is 15.0 Å². The van der Waals surface area contributed by atoms with Gasteiger partial charge >= 0.3 is 5.97 Å². The average molecular weight is 259 g/mol. The predicted octanol–water partition coefficient (Wildman–Crippen LogP) is 1.13. The molecule has 1 aliphatic rings. The quantitative estimate of drug-likeness (QED) is 0.862. The van der Waals surface area contributed by atoms with Gasteiger partial charge in [0.1, 0.15) is 5.82 Å². The van der Waals surface area contributed by atoms with E-state index in [-0.39, 0.29) is 13.2 Å². The maximum absolute atomic E-state index is 11.4. The van der Waals surface area contributed by atoms with Gasteiger partial charge in [0.25, 0.3) is 0 Å². The van der Waals surface area contributed by atoms with Gasteiger partial charge in [-0.1, -0.05) is 0 Å². The third kappa shape index (κ3) is 1.72. The lowest BCUT2D eigenvalue weighted by Gasteiger charge is -2.35. The number of pyridine rings is 1. The summed E-state index contributed by atoms with van der Waals surface area (Å²) in [6, 6.07) is 3.69. The van der Waals surface area contributed by atoms with Crippen molar-refractivity contribution in [3.05, 3.63) is 36.0 Å². The summed E-state index contributed by atoms with van der Waals surface area (Å²) in [4.78, 5) is 22.9. The van der Waals surface area contributed by atoms with Crippen LogP contribution in [-0.4, -0.2) is 39.2 Å². The van der Waals surface area contributed by atoms with E-state index >= 15 is 0 Å². The minimum Gasteiger partial charge on any atom is -0.480 e. The summed E-state index contributed by atoms with van der Waals surface area (Å²) in [6.07, 6.45) is 3.37. The van der Waals surface area contributed by atoms with Crippen LogP contribution in [0.4, 0.5) is 0 Å². The van der Waals surface area contributed by atoms with Crippen molar-refractivity contribution in [2.24, 2.45) is 0 Å². The zero-order chi connectivity index (χ0) is 13.5. The molecule has 0 saturated carbocycles. The molecule has 0 amide bonds. The normalized spacial score (nSPS) is 16.9. The van der Waals surface area contributed by atoms with Crippen LogP contribution in [0, 0.1) is 6.92 Å². The molecule has 0 aliphatic carbocycles. The van der Waals surface area contributed by atoms with Crippen LogP contribution in [0.1, 0.15) is 11.5 Å². The van der Waals surface area contributed by atoms with Crippen molar-refractivity contribution in [3.63, 3.8) is 0 Å². The third-order valence-corrected chi connectivity index (χ3v) is 3.40. The van der Waals surface area contributed by atoms with E-state index in [1.54, 1.807) is 12.4 Å². The fourth-order valence-electron chi connectivity index (χ4n) is 2.15. The van der Waals surface area contributed by atoms with E-state index in [4.69, 9.17) is 4.74 Å². The van der Waals surface area contributed by atoms with Crippen molar-refractivity contribution in [2.45, 2.75) is 12.3 Å². The first-order chi connectivity index (χ1) is 9.13. The van der Waals surface area contributed by atoms with Crippen LogP contribution in [0.2, 0.25) is 0 Å². The minimum absolute atomic E-state index is 0.158. The van der Waals surface area contributed by atoms with E-state index in [0.717, 1.165) is 17.0 Å². The highest BCUT2D eigenvalue weighted by Gasteiger charge is 2.50. The van der Waals surface area contributed by atoms with Crippen LogP contribution in [0.15, 0.2) is 24.5 Å². The van der Waals surface area contributed by atoms with Gasteiger partial charge in [0, 0.05) is 23.7 Å². The number of carboxylic acids is 1. The first kappa shape index (κ1) is 11.9. The highest BCUT2D eigenvalue weighted by Crippen LogP contribution is 2.33. The van der Waals surface area contributed by atoms with Crippen molar-refractivity contribution >= 4 is 5.97 Å². The molecule has 2 aromatic rings. The molecule has 0 bridgehead atoms. The van der Waals surface area contributed by atoms with Crippen LogP contribution >= 0.6 is 0 Å². The second-order valence-corrected chi connectivity index (χ2v) is 4.67. The van der Waals surface area contributed by atoms with Crippen LogP contribution in [0.25, 0.3) is 11.3 Å². The predicted molar refractivity (Wildman–Crippen MR) is 66.7 cm³/mol. The molecule has 0 atom stereocenters. The number of rotatable bonds is 3. The van der Waals surface area contributed by atoms with Gasteiger partial charge in [-0.2, -0.15) is 0 Å². The molecule has 19 heavy (non-hydrogen) atoms. The van der Waals surface area contributed by atoms with E-state index in [2.05, 4.69) is 15.0 Å². The van der Waals surface area contributed by atoms with Gasteiger partial charge in [-0.25, -0.2) is 4.98 Å². The van der Waals surface area contributed by atoms with Crippen LogP contribution < -0.4 is 0 Å². The Bertz CT molecular complexity index is 617. The number of aliphatic carboxylic acids is 1. The molecular weight excluding hydrogens is 246 g/mol. The molecule has 0 aromatic carbocycles. The monoisotopic (exact) mass is 259 g/mol. The molecule has 1 saturated heterocycles. The third-order valence-electron chi connectivity index (χ3n) is 3.40. The van der Waals surface area contributed by atoms with Gasteiger partial charge in [0.15, 0.2) is 5.41 Å². The number of carboxylic acid groups (broad SMARTS) is 1. The van der Waals surface area contributed by atoms with Crippen LogP contribution in [-0.2, 0) is 14.9 Å². The molecular formula is C13H13N3O3. The largest absolute Gasteiger partial charge is 0.480 e. The molecule has 3 rings (SSSR count). The number of ether oxygens (including phenoxy) is 1. The highest BCUT2D eigenvalue weighted by molar-refractivity contribution is 5.82. The lowest BCUT2D eigenvalue weighted by Crippen LogP contribution is -2.53. The topological polar surface area (TPSA) is 88.1 Å². The van der Waals surface area contributed by atoms with E-state index in [9.17, 15) is 9.90 Å². The van der Waals surface area contributed by atoms with Crippen LogP contribution in [0.5, 0.6) is 0 Å². The molecule has 1 fully saturated rings. The van der Waals surface area contributed by atoms with Crippen molar-refractivity contribution in [1.29, 1.82) is 0 Å². The molecule has 0 spiro atoms. The summed E-state index contributed by atoms with van der Waals surface area (Å²) in [5.74, 6) is -0.454. The summed E-state index contributed by atoms with van der Waals surface area (Å²) < 4.78 is 5.06. The summed E-state index contributed by atoms with van der Waals surface area (Å²) in [6.45, 7) is 2.19. The van der Waals surface area contributed by atoms with Gasteiger partial charge in [-0.15, -0.1) is 0 Å². The maximum atomic E-state index is 11.4. The van der Waals surface area contributed by atoms with E-state index in [0.29, 0.717) is 5.82 Å². The van der Waals surface area contributed by atoms with Gasteiger partial charge in [-0.3, -0.25) is 9.78 Å². The maximum Gasteiger partial charge on any atom is 0.322 e. The van der Waals surface area contributed by atoms with Gasteiger partial charge in [0.05, 0.1) is 18.9 Å². The number of hydrogen-bond acceptors (Lipinski definition) is 4. The Morgan fingerprint density at radius 2 is 2.11 bits per heavy atom. The molecule has 0 unspecified atom stereocenters. The molecule has 6 heteroatoms. The second kappa shape index (κ2) is 4.17. The Labute approximate surface area is 109 Å². The lowest BCUT2D eigenvalue weighted by atomic mass is 9.85. The molecule has 1 aliphatic heterocycles. The smallest absolute Gasteiger partial charge is 0.322 e. The second-order valence-electron chi connectivity index (χ2n) is 4.67. The first-order valence-electron chi connectivity index (χ1n) is 5.92. The standard InChI is InChI=1S/C13H13N3O3/c1-8-10(9-2-4-14-5-3-9)16-11(15-8)13(12(17)18)6-19-7-13/h2-5H,6-7H2,1H3,(H,15,16)(H,17,18). The van der Waals surface area contributed by atoms with Crippen molar-refractivity contribution in [2.75, 3.05) is 13.2 Å². The molecule has 0 radical (unpaired) electrons. The lowest BCUT2D eigenvalue weighted by molar-refractivity contribution is -0.163. The highest BCUT2D eigenvalue weighted by atomic mass is 16.5. The fourth-order valence-corrected chi connectivity index (χ4v) is 2.15. The Balaban J connectivity index is 2.05. The summed E-state index contributed by atoms with van der Waals surface area (Å²) in [7, 11) is 0. The summed E-state index contributed by atoms with van der Waals surface area (Å²) in [5, 5.41) is 9.36. The van der Waals surface area contributed by atoms with Crippen molar-refractivity contribution < 1.29 is 14.6 Å². The number of hydrogen-bond donors (Lipinski definition) is 2. The first-order valence-corrected chi connectivity index (χ1v) is 5.92. The number of aromatic amines is 1. The number of H-pyrrole nitrogens is 1. The minimum atomic E-state index is -1.03. The Morgan fingerprint density at radius 1 is 1.42 bits per heavy atom. The Morgan fingerprint density at radius 3 is 2.63 bits per heavy atom. The van der Waals surface area contributed by atoms with Crippen LogP contribution in [0.3, 0.4) is 0 Å². The van der Waals surface area contributed by atoms with Gasteiger partial charge in [-0.05, 0) is 19.1 Å². The zero-order valence-electron chi connectivity index (χ0n) is 10.4. The number of nitrogens with one attached hydrogen (secondary N) is 1. The summed E-state index contributed by atoms with van der Waals surface area (Å²) >= 11 is 0. The number of imidazole rings is 1. The molecule has 3 heterocycles. The average Bonchev–Trinajstić information content (AvgIpc) is 2.70. The Hall–Kier alpha value is -2.21. The summed E-state index contributed by atoms with van der Waals surface area (Å²) in [5.41, 5.74) is 1.48. The van der Waals surface area contributed by atoms with E-state index in [1.807, 2.05) is 19.1 Å². The zero-order valence-corrected chi connectivity index (χ0v) is 10.4. The Kier molecular flexibility index (Phi) is 2.60. The fraction of sp³-hybridized carbons (Fsp3) is 0.308. The SMILES string of the molecule is Cc1[nH]c(C2(C(=O)O)COC2)nc1-c1ccncc1. The van der Waals surface area contributed by atoms with E-state index < -0.39 is 11.4 Å². The van der Waals surface area contributed by atoms with E-state index in [1.165, 1.54) is 0 Å². The van der Waals surface area contributed by atoms with Gasteiger partial charge < -0.3 is 14.8 Å². The molecule has 2 aromatic heterocycles. The molecule has 6 nitrogen and oxygen atoms in total. The number of aromatic nitrogens is 3. The number of nitrogens with zero attached hydrogens (tertiary/aromatic N) is 2. The number of aryl methyl sites for hydroxylation is 1. The number of carbonyl (C=O) groups is 1. The molecule has 2 N–H and O–H groups in total.